The number of hydrogen-bond acceptors (Lipinski definition) is 6. The molecule has 9 nitrogen and oxygen atoms in total. The minimum atomic E-state index is -4.71. The van der Waals surface area contributed by atoms with Crippen molar-refractivity contribution in [3.63, 3.8) is 0 Å². The van der Waals surface area contributed by atoms with Crippen molar-refractivity contribution in [2.45, 2.75) is 18.5 Å². The van der Waals surface area contributed by atoms with Gasteiger partial charge in [-0.3, -0.25) is 9.59 Å². The molecule has 0 bridgehead atoms. The van der Waals surface area contributed by atoms with Gasteiger partial charge in [0.25, 0.3) is 5.91 Å². The Hall–Kier alpha value is -4.92. The first-order valence-corrected chi connectivity index (χ1v) is 10.3. The lowest BCUT2D eigenvalue weighted by atomic mass is 9.79. The zero-order valence-electron chi connectivity index (χ0n) is 18.1. The summed E-state index contributed by atoms with van der Waals surface area (Å²) >= 11 is 0. The number of hydrogen-bond donors (Lipinski definition) is 3. The summed E-state index contributed by atoms with van der Waals surface area (Å²) in [5.41, 5.74) is 3.49. The van der Waals surface area contributed by atoms with Gasteiger partial charge in [-0.15, -0.1) is 0 Å². The molecule has 0 fully saturated rings. The van der Waals surface area contributed by atoms with Gasteiger partial charge in [0, 0.05) is 17.1 Å². The van der Waals surface area contributed by atoms with Crippen molar-refractivity contribution in [3.05, 3.63) is 87.3 Å². The van der Waals surface area contributed by atoms with Crippen LogP contribution in [0.3, 0.4) is 0 Å². The van der Waals surface area contributed by atoms with Gasteiger partial charge in [0.2, 0.25) is 5.91 Å². The molecule has 0 aliphatic heterocycles. The number of aromatic nitrogens is 1. The minimum Gasteiger partial charge on any atom is -0.478 e. The van der Waals surface area contributed by atoms with E-state index < -0.39 is 35.4 Å². The van der Waals surface area contributed by atoms with Gasteiger partial charge in [-0.25, -0.2) is 4.79 Å². The Bertz CT molecular complexity index is 1480. The zero-order chi connectivity index (χ0) is 26.2. The molecule has 36 heavy (non-hydrogen) atoms. The average Bonchev–Trinajstić information content (AvgIpc) is 3.26. The number of carboxylic acid groups (broad SMARTS) is 1. The topological polar surface area (TPSA) is 159 Å². The number of carboxylic acids is 1. The van der Waals surface area contributed by atoms with Gasteiger partial charge in [0.05, 0.1) is 28.4 Å². The van der Waals surface area contributed by atoms with E-state index in [4.69, 9.17) is 15.5 Å². The molecule has 12 heteroatoms. The van der Waals surface area contributed by atoms with Crippen LogP contribution in [0, 0.1) is 11.3 Å². The summed E-state index contributed by atoms with van der Waals surface area (Å²) in [5.74, 6) is -4.45. The third-order valence-electron chi connectivity index (χ3n) is 5.66. The van der Waals surface area contributed by atoms with Gasteiger partial charge >= 0.3 is 12.1 Å². The second kappa shape index (κ2) is 9.03. The largest absolute Gasteiger partial charge is 0.478 e. The number of amides is 2. The van der Waals surface area contributed by atoms with Crippen LogP contribution < -0.4 is 11.1 Å². The number of halogens is 3. The number of anilines is 1. The van der Waals surface area contributed by atoms with E-state index in [9.17, 15) is 32.7 Å². The molecule has 3 aromatic rings. The van der Waals surface area contributed by atoms with Crippen molar-refractivity contribution in [1.29, 1.82) is 5.26 Å². The van der Waals surface area contributed by atoms with Crippen LogP contribution in [0.5, 0.6) is 0 Å². The molecule has 2 amide bonds. The van der Waals surface area contributed by atoms with Gasteiger partial charge in [0.1, 0.15) is 0 Å². The van der Waals surface area contributed by atoms with Crippen LogP contribution in [-0.2, 0) is 17.4 Å². The third-order valence-corrected chi connectivity index (χ3v) is 5.66. The molecule has 0 saturated heterocycles. The van der Waals surface area contributed by atoms with Gasteiger partial charge in [-0.1, -0.05) is 23.4 Å². The predicted molar refractivity (Wildman–Crippen MR) is 118 cm³/mol. The van der Waals surface area contributed by atoms with Crippen LogP contribution in [0.25, 0.3) is 6.08 Å². The SMILES string of the molecule is N#Cc1ccc(NC(=O)c2noc3c2CC(c2ccccc2C(F)(F)F)C(C(N)=O)=C3)c(C(=O)O)c1. The summed E-state index contributed by atoms with van der Waals surface area (Å²) in [5, 5.41) is 24.5. The molecule has 1 aliphatic rings. The van der Waals surface area contributed by atoms with E-state index in [1.807, 2.05) is 0 Å². The Morgan fingerprint density at radius 2 is 1.92 bits per heavy atom. The molecular weight excluding hydrogens is 481 g/mol. The minimum absolute atomic E-state index is 0.0343. The first-order chi connectivity index (χ1) is 17.0. The number of nitrogens with one attached hydrogen (secondary N) is 1. The number of fused-ring (bicyclic) bond motifs is 1. The van der Waals surface area contributed by atoms with Gasteiger partial charge < -0.3 is 20.7 Å². The highest BCUT2D eigenvalue weighted by molar-refractivity contribution is 6.08. The fraction of sp³-hybridized carbons (Fsp3) is 0.125. The molecule has 1 aliphatic carbocycles. The van der Waals surface area contributed by atoms with Crippen LogP contribution in [0.1, 0.15) is 54.8 Å². The highest BCUT2D eigenvalue weighted by Crippen LogP contribution is 2.42. The van der Waals surface area contributed by atoms with Crippen molar-refractivity contribution >= 4 is 29.5 Å². The Morgan fingerprint density at radius 3 is 2.56 bits per heavy atom. The van der Waals surface area contributed by atoms with E-state index in [0.717, 1.165) is 18.2 Å². The van der Waals surface area contributed by atoms with E-state index in [-0.39, 0.29) is 51.4 Å². The van der Waals surface area contributed by atoms with Crippen LogP contribution in [0.15, 0.2) is 52.6 Å². The maximum Gasteiger partial charge on any atom is 0.416 e. The Kier molecular flexibility index (Phi) is 6.07. The summed E-state index contributed by atoms with van der Waals surface area (Å²) < 4.78 is 46.2. The summed E-state index contributed by atoms with van der Waals surface area (Å²) in [7, 11) is 0. The van der Waals surface area contributed by atoms with Gasteiger partial charge in [-0.05, 0) is 42.3 Å². The maximum absolute atomic E-state index is 13.7. The molecule has 1 aromatic heterocycles. The zero-order valence-corrected chi connectivity index (χ0v) is 18.1. The maximum atomic E-state index is 13.7. The Morgan fingerprint density at radius 1 is 1.19 bits per heavy atom. The first-order valence-electron chi connectivity index (χ1n) is 10.3. The Balaban J connectivity index is 1.74. The number of alkyl halides is 3. The fourth-order valence-electron chi connectivity index (χ4n) is 4.03. The molecule has 2 aromatic carbocycles. The van der Waals surface area contributed by atoms with Gasteiger partial charge in [-0.2, -0.15) is 18.4 Å². The highest BCUT2D eigenvalue weighted by atomic mass is 19.4. The number of aromatic carboxylic acids is 1. The van der Waals surface area contributed by atoms with E-state index in [1.165, 1.54) is 30.3 Å². The second-order valence-electron chi connectivity index (χ2n) is 7.81. The molecular formula is C24H15F3N4O5. The molecule has 0 saturated carbocycles. The molecule has 4 rings (SSSR count). The predicted octanol–water partition coefficient (Wildman–Crippen LogP) is 3.72. The van der Waals surface area contributed by atoms with E-state index in [1.54, 1.807) is 6.07 Å². The number of benzene rings is 2. The lowest BCUT2D eigenvalue weighted by molar-refractivity contribution is -0.138. The summed E-state index contributed by atoms with van der Waals surface area (Å²) in [4.78, 5) is 36.6. The molecule has 0 spiro atoms. The number of carbonyl (C=O) groups is 3. The molecule has 182 valence electrons. The lowest BCUT2D eigenvalue weighted by Gasteiger charge is -2.25. The van der Waals surface area contributed by atoms with Crippen LogP contribution in [0.4, 0.5) is 18.9 Å². The van der Waals surface area contributed by atoms with Crippen LogP contribution in [0.2, 0.25) is 0 Å². The van der Waals surface area contributed by atoms with E-state index >= 15 is 0 Å². The number of nitrogens with zero attached hydrogens (tertiary/aromatic N) is 2. The van der Waals surface area contributed by atoms with E-state index in [2.05, 4.69) is 10.5 Å². The standard InChI is InChI=1S/C24H15F3N4O5/c25-24(26,27)17-4-2-1-3-12(17)13-8-16-19(9-14(13)21(29)32)36-31-20(16)22(33)30-18-6-5-11(10-28)7-15(18)23(34)35/h1-7,9,13H,8H2,(H2,29,32)(H,30,33)(H,34,35). The molecule has 1 atom stereocenters. The van der Waals surface area contributed by atoms with E-state index in [0.29, 0.717) is 0 Å². The van der Waals surface area contributed by atoms with Gasteiger partial charge in [0.15, 0.2) is 11.5 Å². The molecule has 0 radical (unpaired) electrons. The quantitative estimate of drug-likeness (QED) is 0.485. The third kappa shape index (κ3) is 4.41. The lowest BCUT2D eigenvalue weighted by Crippen LogP contribution is -2.26. The van der Waals surface area contributed by atoms with Crippen molar-refractivity contribution in [2.24, 2.45) is 5.73 Å². The first kappa shape index (κ1) is 24.2. The van der Waals surface area contributed by atoms with Crippen molar-refractivity contribution < 1.29 is 37.2 Å². The number of carbonyl (C=O) groups excluding carboxylic acids is 2. The summed E-state index contributed by atoms with van der Waals surface area (Å²) in [6.45, 7) is 0. The monoisotopic (exact) mass is 496 g/mol. The fourth-order valence-corrected chi connectivity index (χ4v) is 4.03. The highest BCUT2D eigenvalue weighted by Gasteiger charge is 2.39. The number of nitriles is 1. The van der Waals surface area contributed by atoms with Crippen LogP contribution in [-0.4, -0.2) is 28.0 Å². The molecule has 1 unspecified atom stereocenters. The summed E-state index contributed by atoms with van der Waals surface area (Å²) in [6.07, 6.45) is -3.83. The summed E-state index contributed by atoms with van der Waals surface area (Å²) in [6, 6.07) is 10.1. The van der Waals surface area contributed by atoms with Crippen molar-refractivity contribution in [1.82, 2.24) is 5.16 Å². The van der Waals surface area contributed by atoms with Crippen molar-refractivity contribution in [3.8, 4) is 6.07 Å². The number of nitrogens with two attached hydrogens (primary N) is 1. The number of primary amides is 1. The number of rotatable bonds is 5. The molecule has 4 N–H and O–H groups in total. The Labute approximate surface area is 200 Å². The normalized spacial score (nSPS) is 14.8. The smallest absolute Gasteiger partial charge is 0.416 e. The van der Waals surface area contributed by atoms with Crippen molar-refractivity contribution in [2.75, 3.05) is 5.32 Å². The van der Waals surface area contributed by atoms with Crippen LogP contribution >= 0.6 is 0 Å². The average molecular weight is 496 g/mol. The second-order valence-corrected chi connectivity index (χ2v) is 7.81. The molecule has 1 heterocycles.